The van der Waals surface area contributed by atoms with E-state index in [1.165, 1.54) is 24.8 Å². The van der Waals surface area contributed by atoms with Gasteiger partial charge in [0.05, 0.1) is 0 Å². The largest absolute Gasteiger partial charge is 0.508 e. The summed E-state index contributed by atoms with van der Waals surface area (Å²) in [5.41, 5.74) is 2.21. The molecule has 0 bridgehead atoms. The van der Waals surface area contributed by atoms with Gasteiger partial charge in [0.1, 0.15) is 5.75 Å². The SMILES string of the molecule is Cc1ccc(O)c(CNC2CCC2)c1. The number of rotatable bonds is 3. The zero-order valence-electron chi connectivity index (χ0n) is 8.59. The van der Waals surface area contributed by atoms with Crippen LogP contribution in [0.2, 0.25) is 0 Å². The topological polar surface area (TPSA) is 32.3 Å². The van der Waals surface area contributed by atoms with E-state index in [0.717, 1.165) is 12.1 Å². The van der Waals surface area contributed by atoms with Crippen LogP contribution in [0.15, 0.2) is 18.2 Å². The lowest BCUT2D eigenvalue weighted by molar-refractivity contribution is 0.335. The van der Waals surface area contributed by atoms with Crippen molar-refractivity contribution in [1.29, 1.82) is 0 Å². The van der Waals surface area contributed by atoms with Crippen molar-refractivity contribution < 1.29 is 5.11 Å². The Labute approximate surface area is 85.0 Å². The molecular formula is C12H17NO. The summed E-state index contributed by atoms with van der Waals surface area (Å²) in [6.07, 6.45) is 3.91. The molecule has 0 unspecified atom stereocenters. The van der Waals surface area contributed by atoms with Crippen LogP contribution in [-0.2, 0) is 6.54 Å². The summed E-state index contributed by atoms with van der Waals surface area (Å²) in [5, 5.41) is 13.0. The molecule has 1 aromatic rings. The Balaban J connectivity index is 1.96. The van der Waals surface area contributed by atoms with Crippen LogP contribution < -0.4 is 5.32 Å². The first-order valence-electron chi connectivity index (χ1n) is 5.27. The van der Waals surface area contributed by atoms with Crippen molar-refractivity contribution in [3.8, 4) is 5.75 Å². The van der Waals surface area contributed by atoms with Gasteiger partial charge in [-0.05, 0) is 25.8 Å². The molecule has 14 heavy (non-hydrogen) atoms. The highest BCUT2D eigenvalue weighted by Crippen LogP contribution is 2.21. The van der Waals surface area contributed by atoms with Crippen molar-refractivity contribution in [1.82, 2.24) is 5.32 Å². The summed E-state index contributed by atoms with van der Waals surface area (Å²) in [7, 11) is 0. The molecule has 2 rings (SSSR count). The first-order valence-corrected chi connectivity index (χ1v) is 5.27. The van der Waals surface area contributed by atoms with Gasteiger partial charge in [0, 0.05) is 18.2 Å². The van der Waals surface area contributed by atoms with E-state index in [9.17, 15) is 5.11 Å². The zero-order chi connectivity index (χ0) is 9.97. The zero-order valence-corrected chi connectivity index (χ0v) is 8.59. The van der Waals surface area contributed by atoms with Gasteiger partial charge in [-0.15, -0.1) is 0 Å². The molecule has 0 amide bonds. The number of aryl methyl sites for hydroxylation is 1. The summed E-state index contributed by atoms with van der Waals surface area (Å²) in [6.45, 7) is 2.84. The molecule has 0 saturated heterocycles. The third-order valence-corrected chi connectivity index (χ3v) is 2.92. The normalized spacial score (nSPS) is 16.6. The summed E-state index contributed by atoms with van der Waals surface area (Å²) in [5.74, 6) is 0.405. The Bertz CT molecular complexity index is 318. The number of benzene rings is 1. The molecule has 0 spiro atoms. The van der Waals surface area contributed by atoms with Crippen LogP contribution in [0, 0.1) is 6.92 Å². The van der Waals surface area contributed by atoms with Crippen LogP contribution in [-0.4, -0.2) is 11.1 Å². The van der Waals surface area contributed by atoms with Crippen molar-refractivity contribution >= 4 is 0 Å². The highest BCUT2D eigenvalue weighted by molar-refractivity contribution is 5.35. The van der Waals surface area contributed by atoms with E-state index >= 15 is 0 Å². The number of nitrogens with one attached hydrogen (secondary N) is 1. The van der Waals surface area contributed by atoms with E-state index in [1.807, 2.05) is 19.1 Å². The minimum Gasteiger partial charge on any atom is -0.508 e. The molecular weight excluding hydrogens is 174 g/mol. The average molecular weight is 191 g/mol. The van der Waals surface area contributed by atoms with Crippen LogP contribution in [0.1, 0.15) is 30.4 Å². The molecule has 76 valence electrons. The fourth-order valence-electron chi connectivity index (χ4n) is 1.72. The minimum atomic E-state index is 0.405. The molecule has 2 nitrogen and oxygen atoms in total. The van der Waals surface area contributed by atoms with E-state index in [1.54, 1.807) is 6.07 Å². The standard InChI is InChI=1S/C12H17NO/c1-9-5-6-12(14)10(7-9)8-13-11-3-2-4-11/h5-7,11,13-14H,2-4,8H2,1H3. The Morgan fingerprint density at radius 3 is 2.86 bits per heavy atom. The van der Waals surface area contributed by atoms with E-state index in [4.69, 9.17) is 0 Å². The van der Waals surface area contributed by atoms with Crippen molar-refractivity contribution in [2.24, 2.45) is 0 Å². The smallest absolute Gasteiger partial charge is 0.120 e. The average Bonchev–Trinajstić information content (AvgIpc) is 2.08. The minimum absolute atomic E-state index is 0.405. The molecule has 0 atom stereocenters. The maximum atomic E-state index is 9.60. The molecule has 1 aliphatic rings. The van der Waals surface area contributed by atoms with Crippen LogP contribution in [0.4, 0.5) is 0 Å². The number of hydrogen-bond acceptors (Lipinski definition) is 2. The van der Waals surface area contributed by atoms with Gasteiger partial charge in [-0.2, -0.15) is 0 Å². The van der Waals surface area contributed by atoms with E-state index in [-0.39, 0.29) is 0 Å². The molecule has 2 N–H and O–H groups in total. The predicted octanol–water partition coefficient (Wildman–Crippen LogP) is 2.34. The summed E-state index contributed by atoms with van der Waals surface area (Å²) < 4.78 is 0. The summed E-state index contributed by atoms with van der Waals surface area (Å²) >= 11 is 0. The highest BCUT2D eigenvalue weighted by atomic mass is 16.3. The van der Waals surface area contributed by atoms with Gasteiger partial charge in [-0.25, -0.2) is 0 Å². The lowest BCUT2D eigenvalue weighted by Crippen LogP contribution is -2.34. The fraction of sp³-hybridized carbons (Fsp3) is 0.500. The van der Waals surface area contributed by atoms with Gasteiger partial charge in [0.2, 0.25) is 0 Å². The second-order valence-corrected chi connectivity index (χ2v) is 4.14. The van der Waals surface area contributed by atoms with Crippen LogP contribution in [0.3, 0.4) is 0 Å². The first-order chi connectivity index (χ1) is 6.75. The Morgan fingerprint density at radius 2 is 2.21 bits per heavy atom. The lowest BCUT2D eigenvalue weighted by atomic mass is 9.93. The molecule has 1 saturated carbocycles. The lowest BCUT2D eigenvalue weighted by Gasteiger charge is -2.26. The molecule has 0 radical (unpaired) electrons. The number of phenols is 1. The maximum absolute atomic E-state index is 9.60. The van der Waals surface area contributed by atoms with E-state index < -0.39 is 0 Å². The molecule has 1 fully saturated rings. The Morgan fingerprint density at radius 1 is 1.43 bits per heavy atom. The fourth-order valence-corrected chi connectivity index (χ4v) is 1.72. The highest BCUT2D eigenvalue weighted by Gasteiger charge is 2.16. The van der Waals surface area contributed by atoms with E-state index in [2.05, 4.69) is 5.32 Å². The molecule has 1 aliphatic carbocycles. The maximum Gasteiger partial charge on any atom is 0.120 e. The molecule has 1 aromatic carbocycles. The third kappa shape index (κ3) is 2.07. The van der Waals surface area contributed by atoms with Crippen molar-refractivity contribution in [3.63, 3.8) is 0 Å². The van der Waals surface area contributed by atoms with Crippen LogP contribution in [0.5, 0.6) is 5.75 Å². The quantitative estimate of drug-likeness (QED) is 0.768. The van der Waals surface area contributed by atoms with Crippen molar-refractivity contribution in [2.45, 2.75) is 38.8 Å². The van der Waals surface area contributed by atoms with Gasteiger partial charge in [-0.3, -0.25) is 0 Å². The second kappa shape index (κ2) is 4.01. The van der Waals surface area contributed by atoms with Crippen LogP contribution >= 0.6 is 0 Å². The van der Waals surface area contributed by atoms with Crippen LogP contribution in [0.25, 0.3) is 0 Å². The van der Waals surface area contributed by atoms with E-state index in [0.29, 0.717) is 11.8 Å². The van der Waals surface area contributed by atoms with Crippen molar-refractivity contribution in [2.75, 3.05) is 0 Å². The van der Waals surface area contributed by atoms with Crippen molar-refractivity contribution in [3.05, 3.63) is 29.3 Å². The molecule has 0 heterocycles. The van der Waals surface area contributed by atoms with Gasteiger partial charge in [0.15, 0.2) is 0 Å². The second-order valence-electron chi connectivity index (χ2n) is 4.14. The Kier molecular flexibility index (Phi) is 2.73. The first kappa shape index (κ1) is 9.53. The summed E-state index contributed by atoms with van der Waals surface area (Å²) in [6, 6.07) is 6.42. The number of aromatic hydroxyl groups is 1. The predicted molar refractivity (Wildman–Crippen MR) is 57.3 cm³/mol. The van der Waals surface area contributed by atoms with Gasteiger partial charge in [0.25, 0.3) is 0 Å². The monoisotopic (exact) mass is 191 g/mol. The molecule has 0 aromatic heterocycles. The number of hydrogen-bond donors (Lipinski definition) is 2. The van der Waals surface area contributed by atoms with Gasteiger partial charge < -0.3 is 10.4 Å². The summed E-state index contributed by atoms with van der Waals surface area (Å²) in [4.78, 5) is 0. The molecule has 2 heteroatoms. The Hall–Kier alpha value is -1.02. The molecule has 0 aliphatic heterocycles. The van der Waals surface area contributed by atoms with Gasteiger partial charge >= 0.3 is 0 Å². The number of phenolic OH excluding ortho intramolecular Hbond substituents is 1. The van der Waals surface area contributed by atoms with Gasteiger partial charge in [-0.1, -0.05) is 24.1 Å². The third-order valence-electron chi connectivity index (χ3n) is 2.92.